The normalized spacial score (nSPS) is 24.6. The molecule has 2 N–H and O–H groups in total. The zero-order valence-corrected chi connectivity index (χ0v) is 19.0. The maximum Gasteiger partial charge on any atom is 0.228 e. The second-order valence-corrected chi connectivity index (χ2v) is 10.7. The maximum atomic E-state index is 12.6. The minimum Gasteiger partial charge on any atom is -0.341 e. The first-order valence-electron chi connectivity index (χ1n) is 10.3. The Morgan fingerprint density at radius 3 is 2.53 bits per heavy atom. The molecule has 2 aromatic heterocycles. The van der Waals surface area contributed by atoms with Gasteiger partial charge in [-0.1, -0.05) is 18.0 Å². The number of aryl methyl sites for hydroxylation is 1. The van der Waals surface area contributed by atoms with Crippen LogP contribution in [0.3, 0.4) is 0 Å². The van der Waals surface area contributed by atoms with Gasteiger partial charge in [0.05, 0.1) is 5.75 Å². The van der Waals surface area contributed by atoms with Crippen LogP contribution in [0.25, 0.3) is 0 Å². The van der Waals surface area contributed by atoms with E-state index in [-0.39, 0.29) is 23.9 Å². The van der Waals surface area contributed by atoms with Crippen molar-refractivity contribution in [2.75, 3.05) is 23.0 Å². The first kappa shape index (κ1) is 21.3. The number of fused-ring (bicyclic) bond motifs is 2. The van der Waals surface area contributed by atoms with Gasteiger partial charge in [-0.05, 0) is 39.5 Å². The number of halogens is 1. The summed E-state index contributed by atoms with van der Waals surface area (Å²) in [6, 6.07) is 3.78. The number of aromatic nitrogens is 4. The van der Waals surface area contributed by atoms with Gasteiger partial charge in [-0.25, -0.2) is 13.4 Å². The molecule has 11 heteroatoms. The Bertz CT molecular complexity index is 998. The molecule has 2 bridgehead atoms. The van der Waals surface area contributed by atoms with E-state index < -0.39 is 10.0 Å². The molecule has 0 spiro atoms. The summed E-state index contributed by atoms with van der Waals surface area (Å²) in [5.74, 6) is 1.89. The van der Waals surface area contributed by atoms with E-state index in [2.05, 4.69) is 25.5 Å². The molecule has 0 saturated carbocycles. The number of sulfonamides is 1. The van der Waals surface area contributed by atoms with Crippen molar-refractivity contribution >= 4 is 39.2 Å². The van der Waals surface area contributed by atoms with Crippen molar-refractivity contribution in [1.29, 1.82) is 0 Å². The topological polar surface area (TPSA) is 107 Å². The van der Waals surface area contributed by atoms with Gasteiger partial charge in [0.1, 0.15) is 11.0 Å². The molecule has 0 aliphatic carbocycles. The van der Waals surface area contributed by atoms with E-state index in [1.807, 2.05) is 24.9 Å². The highest BCUT2D eigenvalue weighted by molar-refractivity contribution is 7.89. The van der Waals surface area contributed by atoms with Crippen LogP contribution < -0.4 is 10.2 Å². The van der Waals surface area contributed by atoms with Crippen LogP contribution in [0.5, 0.6) is 0 Å². The first-order valence-corrected chi connectivity index (χ1v) is 12.3. The van der Waals surface area contributed by atoms with Gasteiger partial charge >= 0.3 is 0 Å². The highest BCUT2D eigenvalue weighted by Gasteiger charge is 2.45. The maximum absolute atomic E-state index is 12.6. The van der Waals surface area contributed by atoms with Crippen molar-refractivity contribution in [3.8, 4) is 0 Å². The van der Waals surface area contributed by atoms with Gasteiger partial charge in [0.25, 0.3) is 0 Å². The molecule has 0 amide bonds. The molecule has 2 saturated heterocycles. The quantitative estimate of drug-likeness (QED) is 0.647. The lowest BCUT2D eigenvalue weighted by Crippen LogP contribution is -2.58. The number of H-pyrrole nitrogens is 1. The van der Waals surface area contributed by atoms with E-state index in [0.717, 1.165) is 37.8 Å². The predicted octanol–water partition coefficient (Wildman–Crippen LogP) is 3.08. The van der Waals surface area contributed by atoms with E-state index >= 15 is 0 Å². The molecule has 4 heterocycles. The molecule has 9 nitrogen and oxygen atoms in total. The van der Waals surface area contributed by atoms with Gasteiger partial charge in [-0.2, -0.15) is 14.4 Å². The van der Waals surface area contributed by atoms with Crippen molar-refractivity contribution in [3.05, 3.63) is 23.0 Å². The Morgan fingerprint density at radius 1 is 1.23 bits per heavy atom. The first-order chi connectivity index (χ1) is 14.3. The Hall–Kier alpha value is -1.91. The number of piperidine rings is 2. The van der Waals surface area contributed by atoms with E-state index in [1.54, 1.807) is 17.3 Å². The molecule has 2 fully saturated rings. The summed E-state index contributed by atoms with van der Waals surface area (Å²) < 4.78 is 27.0. The van der Waals surface area contributed by atoms with Gasteiger partial charge in [0, 0.05) is 43.0 Å². The minimum atomic E-state index is -3.20. The van der Waals surface area contributed by atoms with Crippen molar-refractivity contribution in [2.24, 2.45) is 0 Å². The number of aromatic amines is 1. The van der Waals surface area contributed by atoms with Gasteiger partial charge in [0.15, 0.2) is 5.82 Å². The molecule has 164 valence electrons. The Kier molecular flexibility index (Phi) is 5.91. The highest BCUT2D eigenvalue weighted by Crippen LogP contribution is 2.38. The number of nitrogens with one attached hydrogen (secondary N) is 2. The molecule has 4 rings (SSSR count). The molecule has 30 heavy (non-hydrogen) atoms. The van der Waals surface area contributed by atoms with Crippen LogP contribution >= 0.6 is 11.6 Å². The second-order valence-electron chi connectivity index (χ2n) is 8.14. The van der Waals surface area contributed by atoms with Crippen molar-refractivity contribution < 1.29 is 8.42 Å². The fourth-order valence-electron chi connectivity index (χ4n) is 4.63. The fourth-order valence-corrected chi connectivity index (χ4v) is 6.40. The third-order valence-electron chi connectivity index (χ3n) is 6.08. The third kappa shape index (κ3) is 4.26. The largest absolute Gasteiger partial charge is 0.341 e. The standard InChI is InChI=1S/C19H28ClN7O2S/c1-4-30(28,29)27-13-6-5-7-14(27)10-15(9-13)26(3)19-21-16(20)11-17(23-19)22-18-8-12(2)24-25-18/h8,11,13-15H,4-7,9-10H2,1-3H3,(H2,21,22,23,24,25)/t13-,14+,15+. The summed E-state index contributed by atoms with van der Waals surface area (Å²) in [5.41, 5.74) is 0.940. The summed E-state index contributed by atoms with van der Waals surface area (Å²) in [5, 5.41) is 10.5. The van der Waals surface area contributed by atoms with E-state index in [9.17, 15) is 8.42 Å². The van der Waals surface area contributed by atoms with Gasteiger partial charge < -0.3 is 10.2 Å². The number of anilines is 3. The zero-order valence-electron chi connectivity index (χ0n) is 17.5. The summed E-state index contributed by atoms with van der Waals surface area (Å²) in [4.78, 5) is 11.1. The number of hydrogen-bond acceptors (Lipinski definition) is 7. The van der Waals surface area contributed by atoms with Gasteiger partial charge in [0.2, 0.25) is 16.0 Å². The van der Waals surface area contributed by atoms with Crippen molar-refractivity contribution in [1.82, 2.24) is 24.5 Å². The van der Waals surface area contributed by atoms with E-state index in [4.69, 9.17) is 11.6 Å². The van der Waals surface area contributed by atoms with Crippen molar-refractivity contribution in [3.63, 3.8) is 0 Å². The third-order valence-corrected chi connectivity index (χ3v) is 8.24. The molecule has 3 atom stereocenters. The predicted molar refractivity (Wildman–Crippen MR) is 118 cm³/mol. The van der Waals surface area contributed by atoms with E-state index in [1.165, 1.54) is 0 Å². The molecule has 0 aromatic carbocycles. The van der Waals surface area contributed by atoms with Crippen LogP contribution in [0.2, 0.25) is 5.15 Å². The summed E-state index contributed by atoms with van der Waals surface area (Å²) in [7, 11) is -1.24. The lowest BCUT2D eigenvalue weighted by atomic mass is 9.83. The molecule has 2 aliphatic heterocycles. The minimum absolute atomic E-state index is 0.0405. The molecular weight excluding hydrogens is 426 g/mol. The molecule has 2 aliphatic rings. The lowest BCUT2D eigenvalue weighted by Gasteiger charge is -2.49. The lowest BCUT2D eigenvalue weighted by molar-refractivity contribution is 0.109. The number of hydrogen-bond donors (Lipinski definition) is 2. The fraction of sp³-hybridized carbons (Fsp3) is 0.632. The summed E-state index contributed by atoms with van der Waals surface area (Å²) >= 11 is 6.27. The molecular formula is C19H28ClN7O2S. The van der Waals surface area contributed by atoms with Gasteiger partial charge in [-0.15, -0.1) is 0 Å². The Balaban J connectivity index is 1.54. The van der Waals surface area contributed by atoms with Crippen LogP contribution in [0.4, 0.5) is 17.6 Å². The Morgan fingerprint density at radius 2 is 1.93 bits per heavy atom. The van der Waals surface area contributed by atoms with Crippen LogP contribution in [-0.2, 0) is 10.0 Å². The monoisotopic (exact) mass is 453 g/mol. The van der Waals surface area contributed by atoms with Crippen molar-refractivity contribution in [2.45, 2.75) is 64.1 Å². The molecule has 2 aromatic rings. The smallest absolute Gasteiger partial charge is 0.228 e. The summed E-state index contributed by atoms with van der Waals surface area (Å²) in [6.45, 7) is 3.64. The van der Waals surface area contributed by atoms with Crippen LogP contribution in [0.15, 0.2) is 12.1 Å². The molecule has 0 unspecified atom stereocenters. The SMILES string of the molecule is CCS(=O)(=O)N1[C@@H]2CCC[C@H]1C[C@@H](N(C)c1nc(Cl)cc(Nc3cc(C)[nH]n3)n1)C2. The van der Waals surface area contributed by atoms with Gasteiger partial charge in [-0.3, -0.25) is 5.10 Å². The zero-order chi connectivity index (χ0) is 21.5. The summed E-state index contributed by atoms with van der Waals surface area (Å²) in [6.07, 6.45) is 4.42. The highest BCUT2D eigenvalue weighted by atomic mass is 35.5. The van der Waals surface area contributed by atoms with Crippen LogP contribution in [0.1, 0.15) is 44.7 Å². The second kappa shape index (κ2) is 8.32. The van der Waals surface area contributed by atoms with E-state index in [0.29, 0.717) is 22.7 Å². The molecule has 0 radical (unpaired) electrons. The van der Waals surface area contributed by atoms with Crippen LogP contribution in [0, 0.1) is 6.92 Å². The number of nitrogens with zero attached hydrogens (tertiary/aromatic N) is 5. The average Bonchev–Trinajstić information content (AvgIpc) is 3.10. The number of rotatable bonds is 6. The average molecular weight is 454 g/mol. The van der Waals surface area contributed by atoms with Crippen LogP contribution in [-0.4, -0.2) is 63.8 Å². The Labute approximate surface area is 182 Å².